The number of benzene rings is 2. The molecule has 21 heavy (non-hydrogen) atoms. The molecule has 0 aliphatic rings. The van der Waals surface area contributed by atoms with E-state index in [9.17, 15) is 0 Å². The highest BCUT2D eigenvalue weighted by Gasteiger charge is 2.16. The van der Waals surface area contributed by atoms with Crippen molar-refractivity contribution >= 4 is 21.4 Å². The Morgan fingerprint density at radius 3 is 2.76 bits per heavy atom. The van der Waals surface area contributed by atoms with Crippen LogP contribution < -0.4 is 5.32 Å². The molecular formula is C19H21NS. The highest BCUT2D eigenvalue weighted by atomic mass is 32.1. The molecule has 108 valence electrons. The van der Waals surface area contributed by atoms with Gasteiger partial charge in [0.2, 0.25) is 0 Å². The van der Waals surface area contributed by atoms with Crippen LogP contribution in [0.25, 0.3) is 10.1 Å². The van der Waals surface area contributed by atoms with E-state index >= 15 is 0 Å². The third kappa shape index (κ3) is 3.02. The van der Waals surface area contributed by atoms with Crippen LogP contribution in [-0.4, -0.2) is 6.54 Å². The van der Waals surface area contributed by atoms with Crippen LogP contribution in [0.5, 0.6) is 0 Å². The van der Waals surface area contributed by atoms with Crippen molar-refractivity contribution in [2.75, 3.05) is 6.54 Å². The Hall–Kier alpha value is -1.64. The number of thiophene rings is 1. The van der Waals surface area contributed by atoms with E-state index in [1.54, 1.807) is 0 Å². The number of hydrogen-bond donors (Lipinski definition) is 1. The van der Waals surface area contributed by atoms with E-state index in [1.165, 1.54) is 26.8 Å². The summed E-state index contributed by atoms with van der Waals surface area (Å²) in [5.41, 5.74) is 4.06. The van der Waals surface area contributed by atoms with Gasteiger partial charge in [0.05, 0.1) is 6.04 Å². The molecular weight excluding hydrogens is 274 g/mol. The van der Waals surface area contributed by atoms with Crippen molar-refractivity contribution in [2.24, 2.45) is 0 Å². The molecule has 0 saturated carbocycles. The number of hydrogen-bond acceptors (Lipinski definition) is 2. The molecule has 1 unspecified atom stereocenters. The monoisotopic (exact) mass is 295 g/mol. The second-order valence-electron chi connectivity index (χ2n) is 5.49. The van der Waals surface area contributed by atoms with Crippen LogP contribution in [0.4, 0.5) is 0 Å². The molecule has 1 nitrogen and oxygen atoms in total. The van der Waals surface area contributed by atoms with E-state index in [0.29, 0.717) is 0 Å². The van der Waals surface area contributed by atoms with E-state index in [4.69, 9.17) is 0 Å². The van der Waals surface area contributed by atoms with E-state index in [0.717, 1.165) is 13.0 Å². The molecule has 1 atom stereocenters. The molecule has 0 aliphatic carbocycles. The lowest BCUT2D eigenvalue weighted by Crippen LogP contribution is -2.23. The zero-order chi connectivity index (χ0) is 14.7. The molecule has 0 aliphatic heterocycles. The number of rotatable bonds is 5. The zero-order valence-corrected chi connectivity index (χ0v) is 13.4. The summed E-state index contributed by atoms with van der Waals surface area (Å²) in [6, 6.07) is 17.9. The number of aryl methyl sites for hydroxylation is 1. The van der Waals surface area contributed by atoms with Gasteiger partial charge in [0.1, 0.15) is 0 Å². The normalized spacial score (nSPS) is 12.7. The highest BCUT2D eigenvalue weighted by Crippen LogP contribution is 2.32. The van der Waals surface area contributed by atoms with Crippen molar-refractivity contribution in [3.05, 3.63) is 70.6 Å². The van der Waals surface area contributed by atoms with Crippen molar-refractivity contribution in [2.45, 2.75) is 26.3 Å². The maximum atomic E-state index is 3.72. The smallest absolute Gasteiger partial charge is 0.0591 e. The first-order valence-electron chi connectivity index (χ1n) is 7.55. The van der Waals surface area contributed by atoms with Crippen LogP contribution in [0.3, 0.4) is 0 Å². The lowest BCUT2D eigenvalue weighted by Gasteiger charge is -2.21. The van der Waals surface area contributed by atoms with Crippen molar-refractivity contribution < 1.29 is 0 Å². The molecule has 1 aromatic heterocycles. The van der Waals surface area contributed by atoms with Crippen LogP contribution in [0, 0.1) is 6.92 Å². The predicted octanol–water partition coefficient (Wildman–Crippen LogP) is 5.30. The summed E-state index contributed by atoms with van der Waals surface area (Å²) >= 11 is 1.83. The minimum absolute atomic E-state index is 0.271. The quantitative estimate of drug-likeness (QED) is 0.673. The van der Waals surface area contributed by atoms with E-state index < -0.39 is 0 Å². The van der Waals surface area contributed by atoms with Crippen LogP contribution >= 0.6 is 11.3 Å². The fourth-order valence-corrected chi connectivity index (χ4v) is 3.73. The minimum Gasteiger partial charge on any atom is -0.306 e. The molecule has 3 rings (SSSR count). The number of nitrogens with one attached hydrogen (secondary N) is 1. The standard InChI is InChI=1S/C19H21NS/c1-3-11-20-18(16-8-4-6-14(2)13-16)17-9-5-7-15-10-12-21-19(15)17/h4-10,12-13,18,20H,3,11H2,1-2H3. The lowest BCUT2D eigenvalue weighted by molar-refractivity contribution is 0.602. The molecule has 2 heteroatoms. The summed E-state index contributed by atoms with van der Waals surface area (Å²) in [6.45, 7) is 5.40. The minimum atomic E-state index is 0.271. The van der Waals surface area contributed by atoms with Gasteiger partial charge in [-0.15, -0.1) is 11.3 Å². The molecule has 0 spiro atoms. The van der Waals surface area contributed by atoms with Gasteiger partial charge in [-0.05, 0) is 47.8 Å². The average molecular weight is 295 g/mol. The molecule has 2 aromatic carbocycles. The zero-order valence-electron chi connectivity index (χ0n) is 12.6. The first-order chi connectivity index (χ1) is 10.3. The van der Waals surface area contributed by atoms with E-state index in [1.807, 2.05) is 11.3 Å². The maximum Gasteiger partial charge on any atom is 0.0591 e. The largest absolute Gasteiger partial charge is 0.306 e. The van der Waals surface area contributed by atoms with Crippen molar-refractivity contribution in [1.29, 1.82) is 0 Å². The van der Waals surface area contributed by atoms with Crippen LogP contribution in [0.1, 0.15) is 36.1 Å². The second-order valence-corrected chi connectivity index (χ2v) is 6.40. The molecule has 0 radical (unpaired) electrons. The fourth-order valence-electron chi connectivity index (χ4n) is 2.79. The summed E-state index contributed by atoms with van der Waals surface area (Å²) in [5.74, 6) is 0. The van der Waals surface area contributed by atoms with Gasteiger partial charge in [-0.2, -0.15) is 0 Å². The topological polar surface area (TPSA) is 12.0 Å². The highest BCUT2D eigenvalue weighted by molar-refractivity contribution is 7.17. The van der Waals surface area contributed by atoms with Crippen molar-refractivity contribution in [1.82, 2.24) is 5.32 Å². The van der Waals surface area contributed by atoms with Crippen molar-refractivity contribution in [3.8, 4) is 0 Å². The summed E-state index contributed by atoms with van der Waals surface area (Å²) in [4.78, 5) is 0. The lowest BCUT2D eigenvalue weighted by atomic mass is 9.96. The summed E-state index contributed by atoms with van der Waals surface area (Å²) in [6.07, 6.45) is 1.14. The Morgan fingerprint density at radius 2 is 1.95 bits per heavy atom. The van der Waals surface area contributed by atoms with Gasteiger partial charge in [-0.3, -0.25) is 0 Å². The Balaban J connectivity index is 2.08. The first-order valence-corrected chi connectivity index (χ1v) is 8.43. The summed E-state index contributed by atoms with van der Waals surface area (Å²) in [7, 11) is 0. The van der Waals surface area contributed by atoms with E-state index in [2.05, 4.69) is 73.1 Å². The van der Waals surface area contributed by atoms with Gasteiger partial charge in [-0.1, -0.05) is 55.0 Å². The van der Waals surface area contributed by atoms with Crippen LogP contribution in [-0.2, 0) is 0 Å². The average Bonchev–Trinajstić information content (AvgIpc) is 2.97. The third-order valence-electron chi connectivity index (χ3n) is 3.79. The van der Waals surface area contributed by atoms with Gasteiger partial charge in [-0.25, -0.2) is 0 Å². The number of fused-ring (bicyclic) bond motifs is 1. The van der Waals surface area contributed by atoms with Crippen molar-refractivity contribution in [3.63, 3.8) is 0 Å². The van der Waals surface area contributed by atoms with Gasteiger partial charge < -0.3 is 5.32 Å². The maximum absolute atomic E-state index is 3.72. The first kappa shape index (κ1) is 14.3. The van der Waals surface area contributed by atoms with Gasteiger partial charge in [0, 0.05) is 4.70 Å². The SMILES string of the molecule is CCCNC(c1cccc(C)c1)c1cccc2ccsc12. The summed E-state index contributed by atoms with van der Waals surface area (Å²) < 4.78 is 1.40. The van der Waals surface area contributed by atoms with Gasteiger partial charge in [0.25, 0.3) is 0 Å². The molecule has 0 bridgehead atoms. The molecule has 0 saturated heterocycles. The van der Waals surface area contributed by atoms with Crippen LogP contribution in [0.2, 0.25) is 0 Å². The Kier molecular flexibility index (Phi) is 4.37. The molecule has 1 N–H and O–H groups in total. The molecule has 1 heterocycles. The Morgan fingerprint density at radius 1 is 1.10 bits per heavy atom. The molecule has 0 amide bonds. The Bertz CT molecular complexity index is 729. The predicted molar refractivity (Wildman–Crippen MR) is 93.1 cm³/mol. The Labute approximate surface area is 130 Å². The van der Waals surface area contributed by atoms with Gasteiger partial charge in [0.15, 0.2) is 0 Å². The van der Waals surface area contributed by atoms with E-state index in [-0.39, 0.29) is 6.04 Å². The fraction of sp³-hybridized carbons (Fsp3) is 0.263. The summed E-state index contributed by atoms with van der Waals surface area (Å²) in [5, 5.41) is 7.24. The second kappa shape index (κ2) is 6.42. The van der Waals surface area contributed by atoms with Crippen LogP contribution in [0.15, 0.2) is 53.9 Å². The molecule has 0 fully saturated rings. The third-order valence-corrected chi connectivity index (χ3v) is 4.77. The molecule has 3 aromatic rings. The van der Waals surface area contributed by atoms with Gasteiger partial charge >= 0.3 is 0 Å².